The van der Waals surface area contributed by atoms with Crippen LogP contribution in [0.25, 0.3) is 0 Å². The van der Waals surface area contributed by atoms with E-state index in [0.717, 1.165) is 25.1 Å². The van der Waals surface area contributed by atoms with Crippen LogP contribution in [0.15, 0.2) is 18.2 Å². The number of fused-ring (bicyclic) bond motifs is 1. The first kappa shape index (κ1) is 11.5. The van der Waals surface area contributed by atoms with Gasteiger partial charge in [0.2, 0.25) is 0 Å². The highest BCUT2D eigenvalue weighted by Gasteiger charge is 2.35. The summed E-state index contributed by atoms with van der Waals surface area (Å²) in [6.07, 6.45) is 1.82. The third-order valence-corrected chi connectivity index (χ3v) is 3.57. The highest BCUT2D eigenvalue weighted by atomic mass is 16.6. The van der Waals surface area contributed by atoms with Crippen LogP contribution in [0, 0.1) is 0 Å². The SMILES string of the molecule is COc1ccc2c(c1)CCCN(C(=O)C1CO1)C2. The first-order valence-electron chi connectivity index (χ1n) is 6.34. The molecule has 1 aromatic carbocycles. The molecule has 0 spiro atoms. The van der Waals surface area contributed by atoms with Crippen molar-refractivity contribution in [1.82, 2.24) is 4.90 Å². The van der Waals surface area contributed by atoms with Gasteiger partial charge in [-0.05, 0) is 36.1 Å². The van der Waals surface area contributed by atoms with Crippen LogP contribution in [-0.2, 0) is 22.5 Å². The van der Waals surface area contributed by atoms with Gasteiger partial charge in [0.1, 0.15) is 5.75 Å². The Morgan fingerprint density at radius 1 is 1.44 bits per heavy atom. The van der Waals surface area contributed by atoms with Crippen LogP contribution in [-0.4, -0.2) is 37.2 Å². The largest absolute Gasteiger partial charge is 0.497 e. The van der Waals surface area contributed by atoms with E-state index in [4.69, 9.17) is 9.47 Å². The summed E-state index contributed by atoms with van der Waals surface area (Å²) in [5.74, 6) is 1.03. The van der Waals surface area contributed by atoms with Gasteiger partial charge in [0.25, 0.3) is 5.91 Å². The molecular formula is C14H17NO3. The molecule has 0 N–H and O–H groups in total. The van der Waals surface area contributed by atoms with E-state index in [0.29, 0.717) is 13.2 Å². The fourth-order valence-electron chi connectivity index (χ4n) is 2.44. The van der Waals surface area contributed by atoms with Crippen molar-refractivity contribution in [1.29, 1.82) is 0 Å². The van der Waals surface area contributed by atoms with Gasteiger partial charge in [-0.2, -0.15) is 0 Å². The van der Waals surface area contributed by atoms with Crippen LogP contribution >= 0.6 is 0 Å². The van der Waals surface area contributed by atoms with Gasteiger partial charge in [-0.25, -0.2) is 0 Å². The molecule has 1 aromatic rings. The standard InChI is InChI=1S/C14H17NO3/c1-17-12-5-4-11-8-15(14(16)13-9-18-13)6-2-3-10(11)7-12/h4-5,7,13H,2-3,6,8-9H2,1H3. The van der Waals surface area contributed by atoms with Gasteiger partial charge in [0.05, 0.1) is 13.7 Å². The normalized spacial score (nSPS) is 22.1. The predicted molar refractivity (Wildman–Crippen MR) is 66.5 cm³/mol. The minimum atomic E-state index is -0.176. The van der Waals surface area contributed by atoms with Crippen molar-refractivity contribution >= 4 is 5.91 Å². The van der Waals surface area contributed by atoms with Gasteiger partial charge in [-0.1, -0.05) is 6.07 Å². The van der Waals surface area contributed by atoms with E-state index in [1.807, 2.05) is 11.0 Å². The maximum absolute atomic E-state index is 12.0. The van der Waals surface area contributed by atoms with E-state index in [-0.39, 0.29) is 12.0 Å². The van der Waals surface area contributed by atoms with Crippen molar-refractivity contribution in [3.63, 3.8) is 0 Å². The summed E-state index contributed by atoms with van der Waals surface area (Å²) in [5.41, 5.74) is 2.52. The van der Waals surface area contributed by atoms with Gasteiger partial charge >= 0.3 is 0 Å². The minimum Gasteiger partial charge on any atom is -0.497 e. The van der Waals surface area contributed by atoms with Crippen LogP contribution in [0.1, 0.15) is 17.5 Å². The Labute approximate surface area is 106 Å². The Morgan fingerprint density at radius 2 is 2.28 bits per heavy atom. The summed E-state index contributed by atoms with van der Waals surface area (Å²) < 4.78 is 10.3. The molecule has 18 heavy (non-hydrogen) atoms. The van der Waals surface area contributed by atoms with Crippen LogP contribution in [0.5, 0.6) is 5.75 Å². The molecule has 0 aliphatic carbocycles. The second kappa shape index (κ2) is 4.61. The fraction of sp³-hybridized carbons (Fsp3) is 0.500. The number of methoxy groups -OCH3 is 1. The summed E-state index contributed by atoms with van der Waals surface area (Å²) in [4.78, 5) is 13.9. The summed E-state index contributed by atoms with van der Waals surface area (Å²) in [6, 6.07) is 6.10. The minimum absolute atomic E-state index is 0.138. The number of hydrogen-bond donors (Lipinski definition) is 0. The van der Waals surface area contributed by atoms with E-state index in [9.17, 15) is 4.79 Å². The molecule has 2 aliphatic heterocycles. The van der Waals surface area contributed by atoms with Crippen LogP contribution in [0.3, 0.4) is 0 Å². The number of nitrogens with zero attached hydrogens (tertiary/aromatic N) is 1. The molecule has 96 valence electrons. The Balaban J connectivity index is 1.81. The second-order valence-electron chi connectivity index (χ2n) is 4.82. The smallest absolute Gasteiger partial charge is 0.254 e. The molecule has 0 radical (unpaired) electrons. The fourth-order valence-corrected chi connectivity index (χ4v) is 2.44. The molecule has 2 heterocycles. The lowest BCUT2D eigenvalue weighted by Gasteiger charge is -2.19. The highest BCUT2D eigenvalue weighted by Crippen LogP contribution is 2.25. The number of amides is 1. The second-order valence-corrected chi connectivity index (χ2v) is 4.82. The average Bonchev–Trinajstić information content (AvgIpc) is 3.23. The zero-order valence-corrected chi connectivity index (χ0v) is 10.5. The number of carbonyl (C=O) groups is 1. The van der Waals surface area contributed by atoms with Crippen molar-refractivity contribution in [2.24, 2.45) is 0 Å². The molecule has 2 aliphatic rings. The van der Waals surface area contributed by atoms with Gasteiger partial charge in [0.15, 0.2) is 6.10 Å². The van der Waals surface area contributed by atoms with Crippen LogP contribution in [0.2, 0.25) is 0 Å². The molecule has 1 fully saturated rings. The molecule has 3 rings (SSSR count). The summed E-state index contributed by atoms with van der Waals surface area (Å²) >= 11 is 0. The topological polar surface area (TPSA) is 42.1 Å². The summed E-state index contributed by atoms with van der Waals surface area (Å²) in [6.45, 7) is 2.10. The molecule has 1 atom stereocenters. The predicted octanol–water partition coefficient (Wildman–Crippen LogP) is 1.37. The number of epoxide rings is 1. The molecule has 1 saturated heterocycles. The molecule has 0 aromatic heterocycles. The monoisotopic (exact) mass is 247 g/mol. The lowest BCUT2D eigenvalue weighted by Crippen LogP contribution is -2.34. The molecular weight excluding hydrogens is 230 g/mol. The number of rotatable bonds is 2. The Hall–Kier alpha value is -1.55. The van der Waals surface area contributed by atoms with E-state index >= 15 is 0 Å². The van der Waals surface area contributed by atoms with Gasteiger partial charge in [0, 0.05) is 13.1 Å². The zero-order chi connectivity index (χ0) is 12.5. The molecule has 4 nitrogen and oxygen atoms in total. The number of hydrogen-bond acceptors (Lipinski definition) is 3. The lowest BCUT2D eigenvalue weighted by molar-refractivity contribution is -0.133. The van der Waals surface area contributed by atoms with E-state index in [1.54, 1.807) is 7.11 Å². The van der Waals surface area contributed by atoms with E-state index in [1.165, 1.54) is 11.1 Å². The maximum Gasteiger partial charge on any atom is 0.254 e. The zero-order valence-electron chi connectivity index (χ0n) is 10.5. The van der Waals surface area contributed by atoms with Gasteiger partial charge in [-0.3, -0.25) is 4.79 Å². The number of ether oxygens (including phenoxy) is 2. The number of aryl methyl sites for hydroxylation is 1. The number of benzene rings is 1. The quantitative estimate of drug-likeness (QED) is 0.741. The highest BCUT2D eigenvalue weighted by molar-refractivity contribution is 5.83. The van der Waals surface area contributed by atoms with E-state index in [2.05, 4.69) is 12.1 Å². The molecule has 4 heteroatoms. The Bertz CT molecular complexity index is 468. The summed E-state index contributed by atoms with van der Waals surface area (Å²) in [7, 11) is 1.68. The summed E-state index contributed by atoms with van der Waals surface area (Å²) in [5, 5.41) is 0. The van der Waals surface area contributed by atoms with Crippen LogP contribution in [0.4, 0.5) is 0 Å². The van der Waals surface area contributed by atoms with Crippen LogP contribution < -0.4 is 4.74 Å². The van der Waals surface area contributed by atoms with E-state index < -0.39 is 0 Å². The van der Waals surface area contributed by atoms with Crippen molar-refractivity contribution in [3.05, 3.63) is 29.3 Å². The average molecular weight is 247 g/mol. The van der Waals surface area contributed by atoms with Crippen molar-refractivity contribution in [2.75, 3.05) is 20.3 Å². The number of carbonyl (C=O) groups excluding carboxylic acids is 1. The van der Waals surface area contributed by atoms with Crippen molar-refractivity contribution in [2.45, 2.75) is 25.5 Å². The molecule has 0 saturated carbocycles. The third kappa shape index (κ3) is 2.20. The first-order chi connectivity index (χ1) is 8.78. The van der Waals surface area contributed by atoms with Gasteiger partial charge in [-0.15, -0.1) is 0 Å². The molecule has 1 unspecified atom stereocenters. The Kier molecular flexibility index (Phi) is 2.96. The van der Waals surface area contributed by atoms with Gasteiger partial charge < -0.3 is 14.4 Å². The molecule has 0 bridgehead atoms. The van der Waals surface area contributed by atoms with Crippen molar-refractivity contribution < 1.29 is 14.3 Å². The first-order valence-corrected chi connectivity index (χ1v) is 6.34. The third-order valence-electron chi connectivity index (χ3n) is 3.57. The van der Waals surface area contributed by atoms with Crippen molar-refractivity contribution in [3.8, 4) is 5.75 Å². The molecule has 1 amide bonds. The lowest BCUT2D eigenvalue weighted by atomic mass is 10.0. The Morgan fingerprint density at radius 3 is 3.00 bits per heavy atom. The maximum atomic E-state index is 12.0.